The first-order valence-corrected chi connectivity index (χ1v) is 11.7. The van der Waals surface area contributed by atoms with E-state index in [-0.39, 0.29) is 17.7 Å². The number of hydrogen-bond acceptors (Lipinski definition) is 5. The molecule has 3 rings (SSSR count). The van der Waals surface area contributed by atoms with Gasteiger partial charge in [-0.1, -0.05) is 71.9 Å². The molecule has 2 aromatic rings. The van der Waals surface area contributed by atoms with Crippen molar-refractivity contribution in [2.75, 3.05) is 6.54 Å². The van der Waals surface area contributed by atoms with Gasteiger partial charge < -0.3 is 15.3 Å². The fourth-order valence-corrected chi connectivity index (χ4v) is 4.97. The van der Waals surface area contributed by atoms with Gasteiger partial charge in [-0.05, 0) is 37.3 Å². The molecule has 0 aliphatic carbocycles. The molecule has 2 amide bonds. The van der Waals surface area contributed by atoms with Gasteiger partial charge in [0.25, 0.3) is 0 Å². The summed E-state index contributed by atoms with van der Waals surface area (Å²) in [5.41, 5.74) is 2.85. The van der Waals surface area contributed by atoms with Crippen molar-refractivity contribution in [2.24, 2.45) is 0 Å². The van der Waals surface area contributed by atoms with Crippen molar-refractivity contribution in [1.82, 2.24) is 10.2 Å². The molecule has 1 aliphatic rings. The summed E-state index contributed by atoms with van der Waals surface area (Å²) in [6.45, 7) is 3.03. The lowest BCUT2D eigenvalue weighted by atomic mass is 10.0. The number of hydrogen-bond donors (Lipinski definition) is 2. The van der Waals surface area contributed by atoms with Crippen molar-refractivity contribution in [3.05, 3.63) is 71.3 Å². The van der Waals surface area contributed by atoms with E-state index in [9.17, 15) is 24.3 Å². The number of likely N-dealkylation sites (tertiary alicyclic amines) is 1. The lowest BCUT2D eigenvalue weighted by Crippen LogP contribution is -2.47. The van der Waals surface area contributed by atoms with Gasteiger partial charge in [0, 0.05) is 6.92 Å². The topological polar surface area (TPSA) is 104 Å². The highest BCUT2D eigenvalue weighted by Gasteiger charge is 2.41. The van der Waals surface area contributed by atoms with E-state index >= 15 is 0 Å². The first kappa shape index (κ1) is 24.5. The molecule has 0 saturated carbocycles. The van der Waals surface area contributed by atoms with Gasteiger partial charge in [0.2, 0.25) is 11.8 Å². The Balaban J connectivity index is 1.71. The normalized spacial score (nSPS) is 18.5. The van der Waals surface area contributed by atoms with Gasteiger partial charge in [0.15, 0.2) is 5.12 Å². The number of amides is 2. The molecule has 174 valence electrons. The van der Waals surface area contributed by atoms with Crippen molar-refractivity contribution in [3.63, 3.8) is 0 Å². The summed E-state index contributed by atoms with van der Waals surface area (Å²) in [5, 5.41) is 11.4. The van der Waals surface area contributed by atoms with Crippen molar-refractivity contribution >= 4 is 34.7 Å². The molecule has 2 aromatic carbocycles. The van der Waals surface area contributed by atoms with Crippen LogP contribution in [0.2, 0.25) is 0 Å². The van der Waals surface area contributed by atoms with Crippen LogP contribution in [0.1, 0.15) is 42.5 Å². The summed E-state index contributed by atoms with van der Waals surface area (Å²) >= 11 is 0.921. The molecule has 0 aromatic heterocycles. The second-order valence-electron chi connectivity index (χ2n) is 8.16. The number of carboxylic acid groups (broad SMARTS) is 1. The molecule has 0 bridgehead atoms. The van der Waals surface area contributed by atoms with Gasteiger partial charge in [-0.2, -0.15) is 0 Å². The Morgan fingerprint density at radius 1 is 1.06 bits per heavy atom. The van der Waals surface area contributed by atoms with Crippen LogP contribution in [-0.2, 0) is 25.6 Å². The van der Waals surface area contributed by atoms with Crippen LogP contribution in [-0.4, -0.2) is 50.7 Å². The molecule has 8 heteroatoms. The third-order valence-corrected chi connectivity index (χ3v) is 6.70. The molecule has 1 fully saturated rings. The van der Waals surface area contributed by atoms with Gasteiger partial charge >= 0.3 is 5.97 Å². The minimum Gasteiger partial charge on any atom is -0.480 e. The number of aryl methyl sites for hydroxylation is 1. The van der Waals surface area contributed by atoms with Crippen LogP contribution in [0, 0.1) is 6.92 Å². The van der Waals surface area contributed by atoms with E-state index in [1.54, 1.807) is 0 Å². The quantitative estimate of drug-likeness (QED) is 0.617. The zero-order valence-electron chi connectivity index (χ0n) is 18.7. The molecule has 1 heterocycles. The fraction of sp³-hybridized carbons (Fsp3) is 0.360. The van der Waals surface area contributed by atoms with Gasteiger partial charge in [-0.25, -0.2) is 4.79 Å². The molecule has 3 atom stereocenters. The molecule has 1 aliphatic heterocycles. The Labute approximate surface area is 197 Å². The Hall–Kier alpha value is -3.13. The van der Waals surface area contributed by atoms with E-state index in [2.05, 4.69) is 5.32 Å². The lowest BCUT2D eigenvalue weighted by Gasteiger charge is -2.29. The number of benzene rings is 2. The molecule has 2 unspecified atom stereocenters. The molecular formula is C25H28N2O5S. The van der Waals surface area contributed by atoms with Crippen molar-refractivity contribution in [1.29, 1.82) is 0 Å². The summed E-state index contributed by atoms with van der Waals surface area (Å²) in [6.07, 6.45) is 1.24. The third-order valence-electron chi connectivity index (χ3n) is 5.70. The molecule has 7 nitrogen and oxygen atoms in total. The number of thioether (sulfide) groups is 1. The molecular weight excluding hydrogens is 440 g/mol. The van der Waals surface area contributed by atoms with Gasteiger partial charge in [0.05, 0.1) is 17.8 Å². The minimum absolute atomic E-state index is 0.192. The van der Waals surface area contributed by atoms with E-state index in [4.69, 9.17) is 0 Å². The number of aliphatic carboxylic acids is 1. The highest BCUT2D eigenvalue weighted by Crippen LogP contribution is 2.36. The highest BCUT2D eigenvalue weighted by molar-refractivity contribution is 8.14. The molecule has 2 N–H and O–H groups in total. The van der Waals surface area contributed by atoms with Crippen LogP contribution in [0.4, 0.5) is 0 Å². The second kappa shape index (κ2) is 11.1. The Morgan fingerprint density at radius 3 is 2.33 bits per heavy atom. The first-order chi connectivity index (χ1) is 15.8. The summed E-state index contributed by atoms with van der Waals surface area (Å²) < 4.78 is 0. The SMILES string of the molecule is CC(=O)SC(Cc1ccccc1)C(=O)NCC(=O)N1C(c2ccc(C)cc2)CC[C@H]1C(=O)O. The largest absolute Gasteiger partial charge is 0.480 e. The summed E-state index contributed by atoms with van der Waals surface area (Å²) in [7, 11) is 0. The third kappa shape index (κ3) is 6.44. The van der Waals surface area contributed by atoms with Crippen LogP contribution in [0.15, 0.2) is 54.6 Å². The Bertz CT molecular complexity index is 1010. The van der Waals surface area contributed by atoms with Crippen LogP contribution in [0.5, 0.6) is 0 Å². The van der Waals surface area contributed by atoms with E-state index in [1.165, 1.54) is 11.8 Å². The number of nitrogens with zero attached hydrogens (tertiary/aromatic N) is 1. The summed E-state index contributed by atoms with van der Waals surface area (Å²) in [4.78, 5) is 50.8. The zero-order valence-corrected chi connectivity index (χ0v) is 19.5. The van der Waals surface area contributed by atoms with Crippen LogP contribution >= 0.6 is 11.8 Å². The number of carboxylic acids is 1. The predicted octanol–water partition coefficient (Wildman–Crippen LogP) is 3.12. The van der Waals surface area contributed by atoms with E-state index < -0.39 is 29.1 Å². The second-order valence-corrected chi connectivity index (χ2v) is 9.54. The van der Waals surface area contributed by atoms with Crippen molar-refractivity contribution in [3.8, 4) is 0 Å². The van der Waals surface area contributed by atoms with Gasteiger partial charge in [0.1, 0.15) is 6.04 Å². The predicted molar refractivity (Wildman–Crippen MR) is 127 cm³/mol. The highest BCUT2D eigenvalue weighted by atomic mass is 32.2. The average molecular weight is 469 g/mol. The summed E-state index contributed by atoms with van der Waals surface area (Å²) in [6, 6.07) is 15.7. The van der Waals surface area contributed by atoms with Crippen LogP contribution < -0.4 is 5.32 Å². The zero-order chi connectivity index (χ0) is 24.0. The van der Waals surface area contributed by atoms with Crippen molar-refractivity contribution < 1.29 is 24.3 Å². The van der Waals surface area contributed by atoms with E-state index in [0.29, 0.717) is 19.3 Å². The Kier molecular flexibility index (Phi) is 8.27. The molecule has 33 heavy (non-hydrogen) atoms. The summed E-state index contributed by atoms with van der Waals surface area (Å²) in [5.74, 6) is -1.94. The number of carbonyl (C=O) groups excluding carboxylic acids is 3. The lowest BCUT2D eigenvalue weighted by molar-refractivity contribution is -0.149. The van der Waals surface area contributed by atoms with Crippen molar-refractivity contribution in [2.45, 2.75) is 50.4 Å². The maximum atomic E-state index is 13.1. The minimum atomic E-state index is -1.06. The maximum Gasteiger partial charge on any atom is 0.326 e. The van der Waals surface area contributed by atoms with Gasteiger partial charge in [-0.15, -0.1) is 0 Å². The molecule has 1 saturated heterocycles. The maximum absolute atomic E-state index is 13.1. The van der Waals surface area contributed by atoms with E-state index in [1.807, 2.05) is 61.5 Å². The smallest absolute Gasteiger partial charge is 0.326 e. The monoisotopic (exact) mass is 468 g/mol. The van der Waals surface area contributed by atoms with Crippen LogP contribution in [0.3, 0.4) is 0 Å². The van der Waals surface area contributed by atoms with Gasteiger partial charge in [-0.3, -0.25) is 14.4 Å². The molecule has 0 radical (unpaired) electrons. The van der Waals surface area contributed by atoms with Crippen LogP contribution in [0.25, 0.3) is 0 Å². The van der Waals surface area contributed by atoms with E-state index in [0.717, 1.165) is 28.5 Å². The fourth-order valence-electron chi connectivity index (χ4n) is 4.10. The average Bonchev–Trinajstić information content (AvgIpc) is 3.23. The first-order valence-electron chi connectivity index (χ1n) is 10.9. The standard InChI is InChI=1S/C25H28N2O5S/c1-16-8-10-19(11-9-16)20-12-13-21(25(31)32)27(20)23(29)15-26-24(30)22(33-17(2)28)14-18-6-4-3-5-7-18/h3-11,20-22H,12-15H2,1-2H3,(H,26,30)(H,31,32)/t20?,21-,22?/m0/s1. The molecule has 0 spiro atoms. The Morgan fingerprint density at radius 2 is 1.73 bits per heavy atom. The number of nitrogens with one attached hydrogen (secondary N) is 1. The number of carbonyl (C=O) groups is 4. The number of rotatable bonds is 8.